The van der Waals surface area contributed by atoms with Crippen molar-refractivity contribution in [3.05, 3.63) is 0 Å². The minimum Gasteiger partial charge on any atom is -0.376 e. The molecule has 1 aliphatic rings. The first kappa shape index (κ1) is 9.30. The summed E-state index contributed by atoms with van der Waals surface area (Å²) in [6, 6.07) is 0. The van der Waals surface area contributed by atoms with Crippen LogP contribution in [0.25, 0.3) is 0 Å². The van der Waals surface area contributed by atoms with E-state index in [0.717, 1.165) is 23.9 Å². The molecule has 0 amide bonds. The summed E-state index contributed by atoms with van der Waals surface area (Å²) < 4.78 is 1.10. The lowest BCUT2D eigenvalue weighted by atomic mass is 10.1. The van der Waals surface area contributed by atoms with Crippen LogP contribution in [-0.2, 0) is 0 Å². The summed E-state index contributed by atoms with van der Waals surface area (Å²) in [6.07, 6.45) is 5.92. The van der Waals surface area contributed by atoms with Crippen molar-refractivity contribution >= 4 is 22.6 Å². The predicted molar refractivity (Wildman–Crippen MR) is 53.7 cm³/mol. The predicted octanol–water partition coefficient (Wildman–Crippen LogP) is 0.491. The largest absolute Gasteiger partial charge is 0.376 e. The van der Waals surface area contributed by atoms with Crippen molar-refractivity contribution < 1.29 is 5.11 Å². The van der Waals surface area contributed by atoms with Crippen molar-refractivity contribution in [1.29, 1.82) is 0 Å². The molecule has 1 aliphatic heterocycles. The third kappa shape index (κ3) is 2.32. The molecule has 1 rings (SSSR count). The van der Waals surface area contributed by atoms with E-state index in [1.807, 2.05) is 0 Å². The van der Waals surface area contributed by atoms with E-state index in [1.54, 1.807) is 0 Å². The van der Waals surface area contributed by atoms with E-state index >= 15 is 0 Å². The zero-order valence-corrected chi connectivity index (χ0v) is 8.54. The van der Waals surface area contributed by atoms with E-state index in [4.69, 9.17) is 6.42 Å². The molecule has 62 valence electrons. The number of β-amino-alcohol motifs (C(OH)–C–C–N with tert-alkyl or cyclic N) is 1. The summed E-state index contributed by atoms with van der Waals surface area (Å²) in [4.78, 5) is 2.20. The first-order valence-corrected chi connectivity index (χ1v) is 5.21. The molecule has 0 bridgehead atoms. The van der Waals surface area contributed by atoms with E-state index in [2.05, 4.69) is 33.4 Å². The van der Waals surface area contributed by atoms with Gasteiger partial charge in [-0.1, -0.05) is 28.5 Å². The molecule has 1 atom stereocenters. The average Bonchev–Trinajstić information content (AvgIpc) is 2.35. The van der Waals surface area contributed by atoms with Crippen LogP contribution in [0.5, 0.6) is 0 Å². The lowest BCUT2D eigenvalue weighted by molar-refractivity contribution is 0.110. The first-order chi connectivity index (χ1) is 5.20. The van der Waals surface area contributed by atoms with Gasteiger partial charge in [-0.2, -0.15) is 0 Å². The van der Waals surface area contributed by atoms with Crippen molar-refractivity contribution in [3.8, 4) is 12.3 Å². The second-order valence-electron chi connectivity index (χ2n) is 2.89. The maximum Gasteiger partial charge on any atom is 0.139 e. The number of alkyl halides is 1. The van der Waals surface area contributed by atoms with Gasteiger partial charge in [-0.3, -0.25) is 4.90 Å². The molecule has 0 aromatic rings. The van der Waals surface area contributed by atoms with Crippen LogP contribution in [0.3, 0.4) is 0 Å². The molecule has 1 N–H and O–H groups in total. The quantitative estimate of drug-likeness (QED) is 0.446. The van der Waals surface area contributed by atoms with Gasteiger partial charge in [0.15, 0.2) is 0 Å². The lowest BCUT2D eigenvalue weighted by Gasteiger charge is -2.16. The molecule has 11 heavy (non-hydrogen) atoms. The van der Waals surface area contributed by atoms with Gasteiger partial charge < -0.3 is 5.11 Å². The van der Waals surface area contributed by atoms with Gasteiger partial charge in [0.05, 0.1) is 0 Å². The highest BCUT2D eigenvalue weighted by Gasteiger charge is 2.33. The Kier molecular flexibility index (Phi) is 3.16. The third-order valence-electron chi connectivity index (χ3n) is 2.00. The summed E-state index contributed by atoms with van der Waals surface area (Å²) in [7, 11) is 0. The molecule has 0 aliphatic carbocycles. The van der Waals surface area contributed by atoms with E-state index < -0.39 is 5.60 Å². The highest BCUT2D eigenvalue weighted by Crippen LogP contribution is 2.19. The molecule has 1 heterocycles. The van der Waals surface area contributed by atoms with E-state index in [1.165, 1.54) is 0 Å². The molecule has 3 heteroatoms. The van der Waals surface area contributed by atoms with Crippen molar-refractivity contribution in [2.75, 3.05) is 24.1 Å². The van der Waals surface area contributed by atoms with Crippen LogP contribution in [0, 0.1) is 12.3 Å². The maximum absolute atomic E-state index is 9.62. The Balaban J connectivity index is 2.41. The molecule has 0 saturated carbocycles. The fourth-order valence-electron chi connectivity index (χ4n) is 1.30. The van der Waals surface area contributed by atoms with Gasteiger partial charge in [0, 0.05) is 30.5 Å². The Hall–Kier alpha value is 0.210. The third-order valence-corrected chi connectivity index (χ3v) is 2.48. The molecule has 2 nitrogen and oxygen atoms in total. The first-order valence-electron chi connectivity index (χ1n) is 3.69. The van der Waals surface area contributed by atoms with Crippen molar-refractivity contribution in [2.45, 2.75) is 12.0 Å². The molecule has 1 unspecified atom stereocenters. The topological polar surface area (TPSA) is 23.5 Å². The highest BCUT2D eigenvalue weighted by molar-refractivity contribution is 14.1. The van der Waals surface area contributed by atoms with Gasteiger partial charge in [0.1, 0.15) is 5.60 Å². The summed E-state index contributed by atoms with van der Waals surface area (Å²) in [5, 5.41) is 9.62. The lowest BCUT2D eigenvalue weighted by Crippen LogP contribution is -2.32. The smallest absolute Gasteiger partial charge is 0.139 e. The van der Waals surface area contributed by atoms with Crippen LogP contribution in [0.1, 0.15) is 6.42 Å². The Labute approximate surface area is 81.1 Å². The number of rotatable bonds is 2. The number of likely N-dealkylation sites (tertiary alicyclic amines) is 1. The Bertz CT molecular complexity index is 177. The molecule has 0 aromatic carbocycles. The average molecular weight is 265 g/mol. The number of aliphatic hydroxyl groups is 1. The number of hydrogen-bond acceptors (Lipinski definition) is 2. The van der Waals surface area contributed by atoms with Gasteiger partial charge >= 0.3 is 0 Å². The molecular formula is C8H12INO. The highest BCUT2D eigenvalue weighted by atomic mass is 127. The van der Waals surface area contributed by atoms with E-state index in [9.17, 15) is 5.11 Å². The van der Waals surface area contributed by atoms with Gasteiger partial charge in [-0.05, 0) is 0 Å². The Morgan fingerprint density at radius 1 is 1.73 bits per heavy atom. The minimum atomic E-state index is -0.841. The number of nitrogens with zero attached hydrogens (tertiary/aromatic N) is 1. The number of terminal acetylenes is 1. The van der Waals surface area contributed by atoms with Crippen molar-refractivity contribution in [2.24, 2.45) is 0 Å². The standard InChI is InChI=1S/C8H12INO/c1-2-8(11)3-5-10(7-8)6-4-9/h1,11H,3-7H2. The van der Waals surface area contributed by atoms with Crippen LogP contribution >= 0.6 is 22.6 Å². The van der Waals surface area contributed by atoms with Crippen LogP contribution in [0.4, 0.5) is 0 Å². The van der Waals surface area contributed by atoms with Crippen LogP contribution < -0.4 is 0 Å². The molecule has 0 spiro atoms. The van der Waals surface area contributed by atoms with Gasteiger partial charge in [0.2, 0.25) is 0 Å². The Morgan fingerprint density at radius 2 is 2.45 bits per heavy atom. The van der Waals surface area contributed by atoms with Crippen LogP contribution in [-0.4, -0.2) is 39.7 Å². The summed E-state index contributed by atoms with van der Waals surface area (Å²) in [5.41, 5.74) is -0.841. The molecule has 0 aromatic heterocycles. The molecule has 0 radical (unpaired) electrons. The normalized spacial score (nSPS) is 32.1. The van der Waals surface area contributed by atoms with Gasteiger partial charge in [-0.25, -0.2) is 0 Å². The zero-order chi connectivity index (χ0) is 8.32. The molecular weight excluding hydrogens is 253 g/mol. The van der Waals surface area contributed by atoms with Crippen LogP contribution in [0.2, 0.25) is 0 Å². The maximum atomic E-state index is 9.62. The zero-order valence-electron chi connectivity index (χ0n) is 6.39. The molecule has 1 saturated heterocycles. The van der Waals surface area contributed by atoms with Crippen molar-refractivity contribution in [1.82, 2.24) is 4.90 Å². The van der Waals surface area contributed by atoms with Gasteiger partial charge in [0.25, 0.3) is 0 Å². The summed E-state index contributed by atoms with van der Waals surface area (Å²) in [6.45, 7) is 2.61. The second-order valence-corrected chi connectivity index (χ2v) is 3.97. The number of halogens is 1. The van der Waals surface area contributed by atoms with Crippen LogP contribution in [0.15, 0.2) is 0 Å². The fraction of sp³-hybridized carbons (Fsp3) is 0.750. The number of hydrogen-bond donors (Lipinski definition) is 1. The Morgan fingerprint density at radius 3 is 2.91 bits per heavy atom. The second kappa shape index (κ2) is 3.74. The SMILES string of the molecule is C#CC1(O)CCN(CCI)C1. The summed E-state index contributed by atoms with van der Waals surface area (Å²) >= 11 is 2.33. The van der Waals surface area contributed by atoms with E-state index in [0.29, 0.717) is 6.54 Å². The minimum absolute atomic E-state index is 0.645. The van der Waals surface area contributed by atoms with Gasteiger partial charge in [-0.15, -0.1) is 6.42 Å². The fourth-order valence-corrected chi connectivity index (χ4v) is 1.98. The monoisotopic (exact) mass is 265 g/mol. The molecule has 1 fully saturated rings. The van der Waals surface area contributed by atoms with E-state index in [-0.39, 0.29) is 0 Å². The van der Waals surface area contributed by atoms with Crippen molar-refractivity contribution in [3.63, 3.8) is 0 Å². The summed E-state index contributed by atoms with van der Waals surface area (Å²) in [5.74, 6) is 2.44.